The Bertz CT molecular complexity index is 1220. The zero-order chi connectivity index (χ0) is 20.9. The molecule has 0 unspecified atom stereocenters. The van der Waals surface area contributed by atoms with E-state index in [2.05, 4.69) is 10.5 Å². The third-order valence-corrected chi connectivity index (χ3v) is 5.48. The minimum absolute atomic E-state index is 0.365. The van der Waals surface area contributed by atoms with Gasteiger partial charge in [0.15, 0.2) is 5.09 Å². The molecule has 3 aromatic carbocycles. The topological polar surface area (TPSA) is 63.8 Å². The predicted octanol–water partition coefficient (Wildman–Crippen LogP) is 6.01. The highest BCUT2D eigenvalue weighted by Crippen LogP contribution is 2.30. The minimum Gasteiger partial charge on any atom is -0.496 e. The molecule has 0 spiro atoms. The highest BCUT2D eigenvalue weighted by molar-refractivity contribution is 7.99. The van der Waals surface area contributed by atoms with Crippen LogP contribution in [0.2, 0.25) is 5.02 Å². The van der Waals surface area contributed by atoms with E-state index in [1.54, 1.807) is 12.1 Å². The number of furan rings is 1. The molecule has 0 aliphatic carbocycles. The van der Waals surface area contributed by atoms with Crippen LogP contribution in [-0.2, 0) is 0 Å². The number of benzene rings is 3. The molecule has 1 N–H and O–H groups in total. The number of carbonyl (C=O) groups excluding carboxylic acids is 1. The van der Waals surface area contributed by atoms with E-state index in [0.717, 1.165) is 15.7 Å². The summed E-state index contributed by atoms with van der Waals surface area (Å²) in [7, 11) is 1.53. The number of rotatable bonds is 6. The van der Waals surface area contributed by atoms with Crippen LogP contribution in [0.1, 0.15) is 16.1 Å². The molecule has 1 heterocycles. The summed E-state index contributed by atoms with van der Waals surface area (Å²) in [6, 6.07) is 22.5. The minimum atomic E-state index is -0.365. The van der Waals surface area contributed by atoms with Crippen molar-refractivity contribution >= 4 is 46.3 Å². The molecule has 7 heteroatoms. The van der Waals surface area contributed by atoms with Crippen LogP contribution in [0.15, 0.2) is 92.3 Å². The Hall–Kier alpha value is -3.22. The number of carbonyl (C=O) groups is 1. The van der Waals surface area contributed by atoms with Gasteiger partial charge in [0.1, 0.15) is 11.5 Å². The molecule has 0 radical (unpaired) electrons. The maximum absolute atomic E-state index is 12.6. The van der Waals surface area contributed by atoms with Gasteiger partial charge in [-0.3, -0.25) is 4.79 Å². The van der Waals surface area contributed by atoms with E-state index in [0.29, 0.717) is 27.2 Å². The Morgan fingerprint density at radius 1 is 1.07 bits per heavy atom. The SMILES string of the molecule is COc1cc2ccccc2cc1C(=O)NN=Cc1ccc(Sc2ccc(Cl)cc2)o1. The number of fused-ring (bicyclic) bond motifs is 1. The molecule has 0 bridgehead atoms. The van der Waals surface area contributed by atoms with E-state index >= 15 is 0 Å². The number of halogens is 1. The predicted molar refractivity (Wildman–Crippen MR) is 120 cm³/mol. The average molecular weight is 437 g/mol. The lowest BCUT2D eigenvalue weighted by Crippen LogP contribution is -2.18. The molecule has 0 saturated carbocycles. The van der Waals surface area contributed by atoms with Gasteiger partial charge in [-0.25, -0.2) is 5.43 Å². The zero-order valence-electron chi connectivity index (χ0n) is 16.0. The molecular weight excluding hydrogens is 420 g/mol. The van der Waals surface area contributed by atoms with Crippen molar-refractivity contribution < 1.29 is 13.9 Å². The van der Waals surface area contributed by atoms with E-state index < -0.39 is 0 Å². The van der Waals surface area contributed by atoms with E-state index in [1.165, 1.54) is 25.1 Å². The van der Waals surface area contributed by atoms with Gasteiger partial charge in [-0.15, -0.1) is 0 Å². The Morgan fingerprint density at radius 2 is 1.80 bits per heavy atom. The van der Waals surface area contributed by atoms with Gasteiger partial charge in [0.05, 0.1) is 18.9 Å². The summed E-state index contributed by atoms with van der Waals surface area (Å²) >= 11 is 7.37. The first-order valence-electron chi connectivity index (χ1n) is 9.06. The highest BCUT2D eigenvalue weighted by Gasteiger charge is 2.13. The second-order valence-corrected chi connectivity index (χ2v) is 7.83. The van der Waals surface area contributed by atoms with Gasteiger partial charge in [0.2, 0.25) is 0 Å². The van der Waals surface area contributed by atoms with Gasteiger partial charge >= 0.3 is 0 Å². The summed E-state index contributed by atoms with van der Waals surface area (Å²) in [5.41, 5.74) is 2.93. The molecule has 0 fully saturated rings. The van der Waals surface area contributed by atoms with Crippen molar-refractivity contribution in [3.63, 3.8) is 0 Å². The van der Waals surface area contributed by atoms with Crippen molar-refractivity contribution in [3.8, 4) is 5.75 Å². The Labute approximate surface area is 182 Å². The monoisotopic (exact) mass is 436 g/mol. The van der Waals surface area contributed by atoms with Gasteiger partial charge in [0.25, 0.3) is 5.91 Å². The number of amides is 1. The van der Waals surface area contributed by atoms with E-state index in [9.17, 15) is 4.79 Å². The molecule has 5 nitrogen and oxygen atoms in total. The summed E-state index contributed by atoms with van der Waals surface area (Å²) < 4.78 is 11.1. The molecule has 1 aromatic heterocycles. The molecule has 4 aromatic rings. The van der Waals surface area contributed by atoms with Crippen LogP contribution in [0.3, 0.4) is 0 Å². The fraction of sp³-hybridized carbons (Fsp3) is 0.0435. The van der Waals surface area contributed by atoms with Crippen LogP contribution < -0.4 is 10.2 Å². The summed E-state index contributed by atoms with van der Waals surface area (Å²) in [4.78, 5) is 13.6. The van der Waals surface area contributed by atoms with E-state index in [-0.39, 0.29) is 5.91 Å². The van der Waals surface area contributed by atoms with Gasteiger partial charge in [-0.2, -0.15) is 5.10 Å². The fourth-order valence-corrected chi connectivity index (χ4v) is 3.76. The molecule has 0 saturated heterocycles. The van der Waals surface area contributed by atoms with Crippen LogP contribution in [0.5, 0.6) is 5.75 Å². The van der Waals surface area contributed by atoms with Crippen LogP contribution in [0, 0.1) is 0 Å². The maximum atomic E-state index is 12.6. The number of hydrazone groups is 1. The van der Waals surface area contributed by atoms with Crippen molar-refractivity contribution in [3.05, 3.63) is 89.1 Å². The van der Waals surface area contributed by atoms with Crippen molar-refractivity contribution in [2.75, 3.05) is 7.11 Å². The molecular formula is C23H17ClN2O3S. The molecule has 4 rings (SSSR count). The lowest BCUT2D eigenvalue weighted by molar-refractivity contribution is 0.0952. The van der Waals surface area contributed by atoms with Crippen molar-refractivity contribution in [1.82, 2.24) is 5.43 Å². The summed E-state index contributed by atoms with van der Waals surface area (Å²) in [5, 5.41) is 7.34. The molecule has 1 amide bonds. The van der Waals surface area contributed by atoms with Gasteiger partial charge < -0.3 is 9.15 Å². The number of hydrogen-bond donors (Lipinski definition) is 1. The summed E-state index contributed by atoms with van der Waals surface area (Å²) in [5.74, 6) is 0.648. The van der Waals surface area contributed by atoms with Gasteiger partial charge in [-0.1, -0.05) is 47.6 Å². The van der Waals surface area contributed by atoms with E-state index in [4.69, 9.17) is 20.8 Å². The van der Waals surface area contributed by atoms with Gasteiger partial charge in [-0.05, 0) is 59.3 Å². The maximum Gasteiger partial charge on any atom is 0.275 e. The number of ether oxygens (including phenoxy) is 1. The van der Waals surface area contributed by atoms with Crippen LogP contribution in [0.4, 0.5) is 0 Å². The van der Waals surface area contributed by atoms with Crippen LogP contribution in [-0.4, -0.2) is 19.2 Å². The van der Waals surface area contributed by atoms with E-state index in [1.807, 2.05) is 60.7 Å². The summed E-state index contributed by atoms with van der Waals surface area (Å²) in [6.07, 6.45) is 1.46. The number of nitrogens with one attached hydrogen (secondary N) is 1. The first-order valence-corrected chi connectivity index (χ1v) is 10.3. The Morgan fingerprint density at radius 3 is 2.53 bits per heavy atom. The van der Waals surface area contributed by atoms with Crippen molar-refractivity contribution in [1.29, 1.82) is 0 Å². The Balaban J connectivity index is 1.43. The number of hydrogen-bond acceptors (Lipinski definition) is 5. The number of nitrogens with zero attached hydrogens (tertiary/aromatic N) is 1. The molecule has 0 aliphatic rings. The van der Waals surface area contributed by atoms with Crippen molar-refractivity contribution in [2.24, 2.45) is 5.10 Å². The van der Waals surface area contributed by atoms with Crippen molar-refractivity contribution in [2.45, 2.75) is 9.99 Å². The smallest absolute Gasteiger partial charge is 0.275 e. The highest BCUT2D eigenvalue weighted by atomic mass is 35.5. The third-order valence-electron chi connectivity index (χ3n) is 4.30. The normalized spacial score (nSPS) is 11.1. The van der Waals surface area contributed by atoms with Crippen LogP contribution in [0.25, 0.3) is 10.8 Å². The zero-order valence-corrected chi connectivity index (χ0v) is 17.5. The molecule has 30 heavy (non-hydrogen) atoms. The fourth-order valence-electron chi connectivity index (χ4n) is 2.86. The molecule has 0 aliphatic heterocycles. The van der Waals surface area contributed by atoms with Gasteiger partial charge in [0, 0.05) is 9.92 Å². The number of methoxy groups -OCH3 is 1. The average Bonchev–Trinajstić information content (AvgIpc) is 3.21. The second-order valence-electron chi connectivity index (χ2n) is 6.31. The quantitative estimate of drug-likeness (QED) is 0.297. The lowest BCUT2D eigenvalue weighted by atomic mass is 10.1. The first kappa shape index (κ1) is 20.1. The lowest BCUT2D eigenvalue weighted by Gasteiger charge is -2.09. The Kier molecular flexibility index (Phi) is 6.07. The first-order chi connectivity index (χ1) is 14.6. The second kappa shape index (κ2) is 9.07. The molecule has 150 valence electrons. The molecule has 0 atom stereocenters. The third kappa shape index (κ3) is 4.67. The largest absolute Gasteiger partial charge is 0.496 e. The van der Waals surface area contributed by atoms with Crippen LogP contribution >= 0.6 is 23.4 Å². The summed E-state index contributed by atoms with van der Waals surface area (Å²) in [6.45, 7) is 0. The standard InChI is InChI=1S/C23H17ClN2O3S/c1-28-21-13-16-5-3-2-4-15(16)12-20(21)23(27)26-25-14-18-8-11-22(29-18)30-19-9-6-17(24)7-10-19/h2-14H,1H3,(H,26,27).